The number of hydrogen-bond acceptors (Lipinski definition) is 4. The van der Waals surface area contributed by atoms with E-state index in [1.165, 1.54) is 11.1 Å². The van der Waals surface area contributed by atoms with Crippen molar-refractivity contribution >= 4 is 0 Å². The van der Waals surface area contributed by atoms with E-state index >= 15 is 0 Å². The van der Waals surface area contributed by atoms with E-state index in [-0.39, 0.29) is 12.1 Å². The van der Waals surface area contributed by atoms with Crippen LogP contribution in [0.5, 0.6) is 0 Å². The zero-order valence-electron chi connectivity index (χ0n) is 14.6. The fraction of sp³-hybridized carbons (Fsp3) is 0.400. The maximum atomic E-state index is 5.45. The average Bonchev–Trinajstić information content (AvgIpc) is 2.60. The van der Waals surface area contributed by atoms with Crippen LogP contribution in [0.3, 0.4) is 0 Å². The summed E-state index contributed by atoms with van der Waals surface area (Å²) in [5.41, 5.74) is 8.70. The Bertz CT molecular complexity index is 497. The molecule has 0 fully saturated rings. The summed E-state index contributed by atoms with van der Waals surface area (Å²) >= 11 is 0. The van der Waals surface area contributed by atoms with Crippen molar-refractivity contribution in [1.29, 1.82) is 0 Å². The molecule has 0 spiro atoms. The lowest BCUT2D eigenvalue weighted by molar-refractivity contribution is -0.0523. The molecule has 130 valence electrons. The van der Waals surface area contributed by atoms with Gasteiger partial charge in [-0.15, -0.1) is 0 Å². The number of hydrogen-bond donors (Lipinski definition) is 2. The van der Waals surface area contributed by atoms with Crippen molar-refractivity contribution in [2.45, 2.75) is 38.8 Å². The summed E-state index contributed by atoms with van der Waals surface area (Å²) in [5, 5.41) is 0. The maximum Gasteiger partial charge on any atom is 0.0936 e. The highest BCUT2D eigenvalue weighted by molar-refractivity contribution is 5.16. The predicted octanol–water partition coefficient (Wildman–Crippen LogP) is 3.29. The van der Waals surface area contributed by atoms with Crippen LogP contribution in [0.2, 0.25) is 0 Å². The van der Waals surface area contributed by atoms with Gasteiger partial charge in [-0.05, 0) is 37.8 Å². The molecule has 0 aromatic heterocycles. The molecule has 0 amide bonds. The summed E-state index contributed by atoms with van der Waals surface area (Å²) in [4.78, 5) is 10.9. The highest BCUT2D eigenvalue weighted by Crippen LogP contribution is 2.03. The topological polar surface area (TPSA) is 42.5 Å². The Morgan fingerprint density at radius 1 is 0.667 bits per heavy atom. The van der Waals surface area contributed by atoms with Crippen LogP contribution in [0.15, 0.2) is 60.7 Å². The minimum atomic E-state index is 0.261. The largest absolute Gasteiger partial charge is 0.299 e. The monoisotopic (exact) mass is 328 g/mol. The average molecular weight is 328 g/mol. The Kier molecular flexibility index (Phi) is 8.49. The molecule has 2 unspecified atom stereocenters. The maximum absolute atomic E-state index is 5.45. The number of rotatable bonds is 11. The zero-order valence-corrected chi connectivity index (χ0v) is 14.6. The van der Waals surface area contributed by atoms with Crippen molar-refractivity contribution in [3.8, 4) is 0 Å². The molecule has 0 aliphatic heterocycles. The molecule has 0 saturated heterocycles. The van der Waals surface area contributed by atoms with Gasteiger partial charge < -0.3 is 0 Å². The molecule has 2 atom stereocenters. The molecule has 2 N–H and O–H groups in total. The van der Waals surface area contributed by atoms with Gasteiger partial charge in [-0.1, -0.05) is 60.7 Å². The smallest absolute Gasteiger partial charge is 0.0936 e. The molecule has 2 aromatic carbocycles. The molecule has 24 heavy (non-hydrogen) atoms. The van der Waals surface area contributed by atoms with Gasteiger partial charge in [0.25, 0.3) is 0 Å². The lowest BCUT2D eigenvalue weighted by Crippen LogP contribution is -2.32. The van der Waals surface area contributed by atoms with Crippen molar-refractivity contribution in [2.24, 2.45) is 0 Å². The Morgan fingerprint density at radius 2 is 1.04 bits per heavy atom. The van der Waals surface area contributed by atoms with Gasteiger partial charge in [0.05, 0.1) is 13.2 Å². The fourth-order valence-corrected chi connectivity index (χ4v) is 2.50. The summed E-state index contributed by atoms with van der Waals surface area (Å²) in [7, 11) is 0. The van der Waals surface area contributed by atoms with Crippen LogP contribution in [0.4, 0.5) is 0 Å². The molecule has 4 heteroatoms. The molecule has 0 aliphatic rings. The number of nitrogens with one attached hydrogen (secondary N) is 2. The SMILES string of the molecule is CC(Cc1ccccc1)NOCCONC(C)Cc1ccccc1. The summed E-state index contributed by atoms with van der Waals surface area (Å²) in [6, 6.07) is 21.3. The van der Waals surface area contributed by atoms with Crippen LogP contribution < -0.4 is 11.0 Å². The minimum absolute atomic E-state index is 0.261. The van der Waals surface area contributed by atoms with Crippen molar-refractivity contribution in [2.75, 3.05) is 13.2 Å². The van der Waals surface area contributed by atoms with E-state index in [9.17, 15) is 0 Å². The third-order valence-electron chi connectivity index (χ3n) is 3.63. The first-order valence-electron chi connectivity index (χ1n) is 8.56. The van der Waals surface area contributed by atoms with E-state index < -0.39 is 0 Å². The van der Waals surface area contributed by atoms with Crippen molar-refractivity contribution in [3.05, 3.63) is 71.8 Å². The molecule has 0 saturated carbocycles. The van der Waals surface area contributed by atoms with Crippen LogP contribution in [0.1, 0.15) is 25.0 Å². The van der Waals surface area contributed by atoms with E-state index in [4.69, 9.17) is 9.68 Å². The molecule has 0 bridgehead atoms. The highest BCUT2D eigenvalue weighted by Gasteiger charge is 2.04. The van der Waals surface area contributed by atoms with Crippen LogP contribution >= 0.6 is 0 Å². The first kappa shape index (κ1) is 18.6. The number of hydroxylamine groups is 2. The minimum Gasteiger partial charge on any atom is -0.299 e. The fourth-order valence-electron chi connectivity index (χ4n) is 2.50. The summed E-state index contributed by atoms with van der Waals surface area (Å²) in [6.07, 6.45) is 1.88. The Balaban J connectivity index is 1.49. The molecule has 2 rings (SSSR count). The summed E-state index contributed by atoms with van der Waals surface area (Å²) in [5.74, 6) is 0. The quantitative estimate of drug-likeness (QED) is 0.491. The molecule has 4 nitrogen and oxygen atoms in total. The normalized spacial score (nSPS) is 13.6. The summed E-state index contributed by atoms with van der Waals surface area (Å²) < 4.78 is 0. The predicted molar refractivity (Wildman–Crippen MR) is 97.4 cm³/mol. The Labute approximate surface area is 145 Å². The van der Waals surface area contributed by atoms with E-state index in [2.05, 4.69) is 73.3 Å². The second-order valence-corrected chi connectivity index (χ2v) is 6.11. The number of benzene rings is 2. The summed E-state index contributed by atoms with van der Waals surface area (Å²) in [6.45, 7) is 5.22. The van der Waals surface area contributed by atoms with Gasteiger partial charge in [0.1, 0.15) is 0 Å². The molecule has 0 aliphatic carbocycles. The third-order valence-corrected chi connectivity index (χ3v) is 3.63. The van der Waals surface area contributed by atoms with E-state index in [0.29, 0.717) is 13.2 Å². The van der Waals surface area contributed by atoms with Gasteiger partial charge in [-0.3, -0.25) is 9.68 Å². The van der Waals surface area contributed by atoms with Crippen molar-refractivity contribution < 1.29 is 9.68 Å². The van der Waals surface area contributed by atoms with Gasteiger partial charge >= 0.3 is 0 Å². The molecule has 0 radical (unpaired) electrons. The van der Waals surface area contributed by atoms with Crippen LogP contribution in [0.25, 0.3) is 0 Å². The molecule has 2 aromatic rings. The standard InChI is InChI=1S/C20H28N2O2/c1-17(15-19-9-5-3-6-10-19)21-23-13-14-24-22-18(2)16-20-11-7-4-8-12-20/h3-12,17-18,21-22H,13-16H2,1-2H3. The zero-order chi connectivity index (χ0) is 17.0. The first-order valence-corrected chi connectivity index (χ1v) is 8.56. The molecular formula is C20H28N2O2. The second-order valence-electron chi connectivity index (χ2n) is 6.11. The van der Waals surface area contributed by atoms with Crippen molar-refractivity contribution in [1.82, 2.24) is 11.0 Å². The first-order chi connectivity index (χ1) is 11.7. The van der Waals surface area contributed by atoms with Gasteiger partial charge in [-0.25, -0.2) is 0 Å². The van der Waals surface area contributed by atoms with Crippen LogP contribution in [0, 0.1) is 0 Å². The van der Waals surface area contributed by atoms with Crippen molar-refractivity contribution in [3.63, 3.8) is 0 Å². The molecular weight excluding hydrogens is 300 g/mol. The van der Waals surface area contributed by atoms with E-state index in [0.717, 1.165) is 12.8 Å². The van der Waals surface area contributed by atoms with Gasteiger partial charge in [0.15, 0.2) is 0 Å². The lowest BCUT2D eigenvalue weighted by Gasteiger charge is -2.16. The van der Waals surface area contributed by atoms with Crippen LogP contribution in [-0.2, 0) is 22.5 Å². The molecule has 0 heterocycles. The van der Waals surface area contributed by atoms with Gasteiger partial charge in [0, 0.05) is 12.1 Å². The van der Waals surface area contributed by atoms with Gasteiger partial charge in [-0.2, -0.15) is 11.0 Å². The van der Waals surface area contributed by atoms with Crippen LogP contribution in [-0.4, -0.2) is 25.3 Å². The van der Waals surface area contributed by atoms with E-state index in [1.807, 2.05) is 12.1 Å². The highest BCUT2D eigenvalue weighted by atomic mass is 16.7. The van der Waals surface area contributed by atoms with Gasteiger partial charge in [0.2, 0.25) is 0 Å². The Hall–Kier alpha value is -1.72. The lowest BCUT2D eigenvalue weighted by atomic mass is 10.1. The second kappa shape index (κ2) is 10.9. The third kappa shape index (κ3) is 7.70. The Morgan fingerprint density at radius 3 is 1.42 bits per heavy atom. The van der Waals surface area contributed by atoms with E-state index in [1.54, 1.807) is 0 Å².